The molecule has 4 unspecified atom stereocenters. The zero-order valence-corrected chi connectivity index (χ0v) is 40.1. The third-order valence-corrected chi connectivity index (χ3v) is 13.9. The molecule has 2 saturated heterocycles. The third kappa shape index (κ3) is 12.3. The fraction of sp³-hybridized carbons (Fsp3) is 0.531. The second kappa shape index (κ2) is 23.9. The Morgan fingerprint density at radius 2 is 1.45 bits per heavy atom. The summed E-state index contributed by atoms with van der Waals surface area (Å²) in [5.74, 6) is 2.08. The van der Waals surface area contributed by atoms with Crippen LogP contribution in [0.25, 0.3) is 16.8 Å². The second-order valence-corrected chi connectivity index (χ2v) is 18.9. The molecule has 4 bridgehead atoms. The monoisotopic (exact) mass is 913 g/mol. The number of likely N-dealkylation sites (tertiary alicyclic amines) is 2. The van der Waals surface area contributed by atoms with Crippen molar-refractivity contribution < 1.29 is 28.7 Å². The summed E-state index contributed by atoms with van der Waals surface area (Å²) in [5.41, 5.74) is 10.3. The number of thioether (sulfide) groups is 2. The van der Waals surface area contributed by atoms with Crippen molar-refractivity contribution >= 4 is 53.1 Å². The second-order valence-electron chi connectivity index (χ2n) is 16.9. The predicted octanol–water partition coefficient (Wildman–Crippen LogP) is 8.20. The summed E-state index contributed by atoms with van der Waals surface area (Å²) >= 11 is 3.29. The predicted molar refractivity (Wildman–Crippen MR) is 258 cm³/mol. The Morgan fingerprint density at radius 3 is 2.11 bits per heavy atom. The Labute approximate surface area is 387 Å². The number of rotatable bonds is 18. The molecule has 0 spiro atoms. The summed E-state index contributed by atoms with van der Waals surface area (Å²) in [7, 11) is 2.64. The lowest BCUT2D eigenvalue weighted by molar-refractivity contribution is -0.134. The van der Waals surface area contributed by atoms with Gasteiger partial charge in [0.1, 0.15) is 17.9 Å². The van der Waals surface area contributed by atoms with Gasteiger partial charge in [-0.2, -0.15) is 23.5 Å². The minimum absolute atomic E-state index is 0.0686. The summed E-state index contributed by atoms with van der Waals surface area (Å²) in [6, 6.07) is 12.1. The SMILES string of the molecule is CCC/C=C(/N/C=C(\C)c1cc2ccc1CCc1ccc(c(-c3c[nH]c(C4CCCN4C(=O)C(CCSC)NC(=O)OC)n3)c1)CC2)C1CCCN1C(=O)C(CCSC)NC(=O)OC. The van der Waals surface area contributed by atoms with Crippen LogP contribution in [0, 0.1) is 0 Å². The Balaban J connectivity index is 1.18. The zero-order chi connectivity index (χ0) is 45.6. The van der Waals surface area contributed by atoms with Crippen molar-refractivity contribution in [2.75, 3.05) is 51.3 Å². The number of unbranched alkanes of at least 4 members (excludes halogenated alkanes) is 1. The van der Waals surface area contributed by atoms with Crippen molar-refractivity contribution in [2.24, 2.45) is 0 Å². The number of carbonyl (C=O) groups is 4. The maximum absolute atomic E-state index is 14.0. The van der Waals surface area contributed by atoms with Gasteiger partial charge in [0, 0.05) is 36.7 Å². The number of benzene rings is 2. The highest BCUT2D eigenvalue weighted by Gasteiger charge is 2.37. The highest BCUT2D eigenvalue weighted by Crippen LogP contribution is 2.35. The molecule has 4 N–H and O–H groups in total. The van der Waals surface area contributed by atoms with Gasteiger partial charge in [0.15, 0.2) is 0 Å². The molecule has 13 nitrogen and oxygen atoms in total. The first-order valence-corrected chi connectivity index (χ1v) is 25.6. The van der Waals surface area contributed by atoms with E-state index in [4.69, 9.17) is 14.5 Å². The zero-order valence-electron chi connectivity index (χ0n) is 38.4. The number of hydrogen-bond donors (Lipinski definition) is 4. The van der Waals surface area contributed by atoms with Crippen LogP contribution in [-0.4, -0.2) is 113 Å². The largest absolute Gasteiger partial charge is 0.453 e. The van der Waals surface area contributed by atoms with E-state index in [1.54, 1.807) is 23.5 Å². The molecule has 3 heterocycles. The standard InChI is InChI=1S/C49H67N7O6S2/c1-7-8-11-39(43-12-9-24-55(43)46(57)40(22-26-63-5)53-48(59)61-3)50-30-32(2)37-28-33-14-18-35(37)19-15-34-17-21-36(20-16-33)38(29-34)42-31-51-45(52-42)44-13-10-25-56(44)47(58)41(23-27-64-6)54-49(60)62-4/h11,14,17-18,21,28-31,40-41,43-44,50H,7-10,12-13,15-16,19-20,22-27H2,1-6H3,(H,51,52)(H,53,59)(H,54,60)/b32-30+,39-11+. The van der Waals surface area contributed by atoms with Gasteiger partial charge in [-0.15, -0.1) is 0 Å². The van der Waals surface area contributed by atoms with Crippen LogP contribution in [0.2, 0.25) is 0 Å². The first kappa shape index (κ1) is 48.6. The van der Waals surface area contributed by atoms with Crippen LogP contribution in [0.1, 0.15) is 105 Å². The maximum atomic E-state index is 14.0. The molecule has 4 aliphatic carbocycles. The normalized spacial score (nSPS) is 18.6. The fourth-order valence-corrected chi connectivity index (χ4v) is 10.1. The van der Waals surface area contributed by atoms with E-state index in [1.807, 2.05) is 28.5 Å². The van der Waals surface area contributed by atoms with E-state index in [9.17, 15) is 19.2 Å². The molecular weight excluding hydrogens is 847 g/mol. The minimum atomic E-state index is -0.659. The number of H-pyrrole nitrogens is 1. The van der Waals surface area contributed by atoms with Crippen LogP contribution in [0.4, 0.5) is 9.59 Å². The van der Waals surface area contributed by atoms with Crippen molar-refractivity contribution in [3.63, 3.8) is 0 Å². The molecule has 9 rings (SSSR count). The van der Waals surface area contributed by atoms with E-state index < -0.39 is 24.3 Å². The number of aromatic amines is 1. The molecule has 0 saturated carbocycles. The summed E-state index contributed by atoms with van der Waals surface area (Å²) in [6.45, 7) is 5.57. The molecule has 4 atom stereocenters. The van der Waals surface area contributed by atoms with Crippen LogP contribution in [0.15, 0.2) is 60.6 Å². The van der Waals surface area contributed by atoms with Crippen molar-refractivity contribution in [3.05, 3.63) is 94.2 Å². The third-order valence-electron chi connectivity index (χ3n) is 12.6. The Hall–Kier alpha value is -4.89. The quantitative estimate of drug-likeness (QED) is 0.0981. The molecule has 6 aliphatic rings. The number of carbonyl (C=O) groups excluding carboxylic acids is 4. The average Bonchev–Trinajstić information content (AvgIpc) is 4.11. The fourth-order valence-electron chi connectivity index (χ4n) is 9.12. The van der Waals surface area contributed by atoms with E-state index in [0.29, 0.717) is 25.9 Å². The van der Waals surface area contributed by atoms with Gasteiger partial charge < -0.3 is 40.2 Å². The number of nitrogens with zero attached hydrogens (tertiary/aromatic N) is 3. The van der Waals surface area contributed by atoms with Gasteiger partial charge in [-0.1, -0.05) is 49.8 Å². The lowest BCUT2D eigenvalue weighted by atomic mass is 9.89. The Bertz CT molecular complexity index is 2160. The highest BCUT2D eigenvalue weighted by molar-refractivity contribution is 7.98. The maximum Gasteiger partial charge on any atom is 0.407 e. The number of allylic oxidation sites excluding steroid dienone is 2. The van der Waals surface area contributed by atoms with Gasteiger partial charge in [0.25, 0.3) is 0 Å². The average molecular weight is 914 g/mol. The number of methoxy groups -OCH3 is 2. The van der Waals surface area contributed by atoms with E-state index in [-0.39, 0.29) is 23.9 Å². The van der Waals surface area contributed by atoms with Gasteiger partial charge in [-0.05, 0) is 141 Å². The van der Waals surface area contributed by atoms with Crippen molar-refractivity contribution in [1.82, 2.24) is 35.7 Å². The Morgan fingerprint density at radius 1 is 0.844 bits per heavy atom. The minimum Gasteiger partial charge on any atom is -0.453 e. The lowest BCUT2D eigenvalue weighted by Crippen LogP contribution is -2.51. The molecule has 3 aromatic rings. The first-order valence-electron chi connectivity index (χ1n) is 22.8. The smallest absolute Gasteiger partial charge is 0.407 e. The van der Waals surface area contributed by atoms with E-state index in [2.05, 4.69) is 83.5 Å². The molecular formula is C49H67N7O6S2. The molecule has 15 heteroatoms. The van der Waals surface area contributed by atoms with Gasteiger partial charge >= 0.3 is 12.2 Å². The summed E-state index contributed by atoms with van der Waals surface area (Å²) in [6.07, 6.45) is 18.8. The highest BCUT2D eigenvalue weighted by atomic mass is 32.2. The van der Waals surface area contributed by atoms with Crippen LogP contribution >= 0.6 is 23.5 Å². The number of alkyl carbamates (subject to hydrolysis) is 2. The summed E-state index contributed by atoms with van der Waals surface area (Å²) in [4.78, 5) is 64.6. The first-order chi connectivity index (χ1) is 31.1. The van der Waals surface area contributed by atoms with E-state index in [1.165, 1.54) is 42.0 Å². The van der Waals surface area contributed by atoms with Gasteiger partial charge in [-0.3, -0.25) is 9.59 Å². The topological polar surface area (TPSA) is 158 Å². The lowest BCUT2D eigenvalue weighted by Gasteiger charge is -2.31. The van der Waals surface area contributed by atoms with Crippen LogP contribution < -0.4 is 16.0 Å². The number of nitrogens with one attached hydrogen (secondary N) is 4. The van der Waals surface area contributed by atoms with Crippen molar-refractivity contribution in [2.45, 2.75) is 115 Å². The number of aryl methyl sites for hydroxylation is 4. The van der Waals surface area contributed by atoms with Crippen LogP contribution in [0.3, 0.4) is 0 Å². The molecule has 4 amide bonds. The molecule has 64 heavy (non-hydrogen) atoms. The van der Waals surface area contributed by atoms with Crippen LogP contribution in [0.5, 0.6) is 0 Å². The molecule has 346 valence electrons. The molecule has 2 aromatic carbocycles. The molecule has 2 aliphatic heterocycles. The van der Waals surface area contributed by atoms with Gasteiger partial charge in [0.05, 0.1) is 32.0 Å². The number of amides is 4. The molecule has 2 fully saturated rings. The summed E-state index contributed by atoms with van der Waals surface area (Å²) < 4.78 is 9.71. The number of hydrogen-bond acceptors (Lipinski definition) is 10. The number of imidazole rings is 1. The number of ether oxygens (including phenoxy) is 2. The van der Waals surface area contributed by atoms with E-state index >= 15 is 0 Å². The van der Waals surface area contributed by atoms with Gasteiger partial charge in [0.2, 0.25) is 11.8 Å². The van der Waals surface area contributed by atoms with Crippen LogP contribution in [-0.2, 0) is 44.7 Å². The number of aromatic nitrogens is 2. The van der Waals surface area contributed by atoms with Gasteiger partial charge in [-0.25, -0.2) is 14.6 Å². The van der Waals surface area contributed by atoms with Crippen molar-refractivity contribution in [3.8, 4) is 11.3 Å². The Kier molecular flexibility index (Phi) is 18.1. The summed E-state index contributed by atoms with van der Waals surface area (Å²) in [5, 5.41) is 9.23. The molecule has 0 radical (unpaired) electrons. The van der Waals surface area contributed by atoms with E-state index in [0.717, 1.165) is 104 Å². The molecule has 1 aromatic heterocycles. The van der Waals surface area contributed by atoms with Crippen molar-refractivity contribution in [1.29, 1.82) is 0 Å².